The van der Waals surface area contributed by atoms with Crippen LogP contribution in [-0.2, 0) is 0 Å². The molecule has 0 aliphatic carbocycles. The molecule has 0 N–H and O–H groups in total. The van der Waals surface area contributed by atoms with E-state index < -0.39 is 21.2 Å². The van der Waals surface area contributed by atoms with Crippen LogP contribution in [0.5, 0.6) is 0 Å². The Hall–Kier alpha value is -9.43. The van der Waals surface area contributed by atoms with E-state index in [1.807, 2.05) is 63.6 Å². The van der Waals surface area contributed by atoms with Crippen LogP contribution in [0.2, 0.25) is 0 Å². The van der Waals surface area contributed by atoms with Gasteiger partial charge >= 0.3 is 6.40 Å². The molecule has 4 bridgehead atoms. The lowest BCUT2D eigenvalue weighted by Gasteiger charge is -2.18. The van der Waals surface area contributed by atoms with E-state index in [0.717, 1.165) is 16.2 Å². The summed E-state index contributed by atoms with van der Waals surface area (Å²) < 4.78 is 3.68. The summed E-state index contributed by atoms with van der Waals surface area (Å²) in [5.74, 6) is 20.6. The number of nitrogens with zero attached hydrogens (tertiary/aromatic N) is 9. The fourth-order valence-corrected chi connectivity index (χ4v) is 8.20. The first-order valence-corrected chi connectivity index (χ1v) is 20.0. The fourth-order valence-electron chi connectivity index (χ4n) is 7.83. The van der Waals surface area contributed by atoms with Gasteiger partial charge in [0.15, 0.2) is 11.7 Å². The van der Waals surface area contributed by atoms with Crippen LogP contribution in [0.25, 0.3) is 21.5 Å². The molecule has 0 radical (unpaired) electrons. The predicted molar refractivity (Wildman–Crippen MR) is 245 cm³/mol. The molecule has 8 aromatic rings. The molecule has 0 atom stereocenters. The number of nitro benzene ring substituents is 3. The van der Waals surface area contributed by atoms with Crippen molar-refractivity contribution in [2.24, 2.45) is 20.0 Å². The molecule has 15 nitrogen and oxygen atoms in total. The molecule has 0 saturated carbocycles. The zero-order chi connectivity index (χ0) is 44.5. The van der Waals surface area contributed by atoms with Gasteiger partial charge in [-0.25, -0.2) is 20.0 Å². The maximum absolute atomic E-state index is 11.2. The van der Waals surface area contributed by atoms with Crippen molar-refractivity contribution in [1.29, 1.82) is 0 Å². The van der Waals surface area contributed by atoms with Gasteiger partial charge in [-0.3, -0.25) is 30.3 Å². The Morgan fingerprint density at radius 1 is 0.415 bits per heavy atom. The number of fused-ring (bicyclic) bond motifs is 10. The second-order valence-corrected chi connectivity index (χ2v) is 15.3. The fraction of sp³-hybridized carbons (Fsp3) is 0. The minimum atomic E-state index is -0.899. The third-order valence-electron chi connectivity index (χ3n) is 11.0. The minimum absolute atomic E-state index is 0.0277. The topological polar surface area (TPSA) is 189 Å². The van der Waals surface area contributed by atoms with E-state index in [1.165, 1.54) is 36.4 Å². The molecule has 5 heterocycles. The Morgan fingerprint density at radius 3 is 1.37 bits per heavy atom. The quantitative estimate of drug-likeness (QED) is 0.0752. The molecule has 65 heavy (non-hydrogen) atoms. The number of hydrogen-bond acceptors (Lipinski definition) is 10. The molecule has 0 amide bonds. The van der Waals surface area contributed by atoms with Crippen LogP contribution >= 0.6 is 11.5 Å². The van der Waals surface area contributed by atoms with Gasteiger partial charge in [-0.15, -0.1) is 11.5 Å². The second-order valence-electron chi connectivity index (χ2n) is 14.9. The number of non-ortho nitro benzene ring substituents is 3. The number of halogens is 1. The molecule has 0 saturated heterocycles. The smallest absolute Gasteiger partial charge is 0.319 e. The van der Waals surface area contributed by atoms with Crippen LogP contribution in [0.1, 0.15) is 44.5 Å². The Bertz CT molecular complexity index is 3900. The lowest BCUT2D eigenvalue weighted by atomic mass is 10.0. The molecular weight excluding hydrogens is 845 g/mol. The number of amidine groups is 2. The maximum Gasteiger partial charge on any atom is 0.499 e. The average molecular weight is 866 g/mol. The van der Waals surface area contributed by atoms with E-state index in [9.17, 15) is 30.3 Å². The highest BCUT2D eigenvalue weighted by Crippen LogP contribution is 2.42. The number of aromatic nitrogens is 2. The molecule has 3 aliphatic rings. The highest BCUT2D eigenvalue weighted by Gasteiger charge is 2.36. The summed E-state index contributed by atoms with van der Waals surface area (Å²) in [6.07, 6.45) is -0.899. The number of aliphatic imine (C=N–C) groups is 2. The summed E-state index contributed by atoms with van der Waals surface area (Å²) >= 11 is 7.57. The van der Waals surface area contributed by atoms with Crippen LogP contribution < -0.4 is 11.0 Å². The third-order valence-corrected chi connectivity index (χ3v) is 11.4. The van der Waals surface area contributed by atoms with Crippen LogP contribution in [0, 0.1) is 65.9 Å². The molecule has 304 valence electrons. The van der Waals surface area contributed by atoms with Crippen LogP contribution in [-0.4, -0.2) is 41.8 Å². The minimum Gasteiger partial charge on any atom is -0.319 e. The Balaban J connectivity index is 1.10. The molecular formula is C48H21BClN9O6. The van der Waals surface area contributed by atoms with E-state index in [0.29, 0.717) is 84.2 Å². The van der Waals surface area contributed by atoms with Crippen molar-refractivity contribution in [3.63, 3.8) is 0 Å². The zero-order valence-electron chi connectivity index (χ0n) is 33.1. The molecule has 17 heteroatoms. The lowest BCUT2D eigenvalue weighted by Crippen LogP contribution is -2.44. The molecule has 3 aliphatic heterocycles. The SMILES string of the molecule is O=[N+]([O-])c1ccc(C#Cc2ccc3c(c2)C2=Nc4c5ccc(C#Cc6ccc([N+](=O)[O-])cc6)cc5c5n4B(Cl)n4c(c6cc(C#Cc7ccc([N+](=O)[O-])cc7)ccc6c4=N5)=NC3=N2)cc1. The highest BCUT2D eigenvalue weighted by molar-refractivity contribution is 7.05. The number of rotatable bonds is 3. The Kier molecular flexibility index (Phi) is 8.82. The van der Waals surface area contributed by atoms with Crippen LogP contribution in [0.15, 0.2) is 147 Å². The molecule has 2 aromatic heterocycles. The molecule has 0 unspecified atom stereocenters. The van der Waals surface area contributed by atoms with Crippen molar-refractivity contribution in [3.05, 3.63) is 213 Å². The van der Waals surface area contributed by atoms with Gasteiger partial charge in [0.25, 0.3) is 17.1 Å². The molecule has 0 spiro atoms. The number of nitro groups is 3. The van der Waals surface area contributed by atoms with E-state index in [4.69, 9.17) is 31.4 Å². The van der Waals surface area contributed by atoms with Crippen molar-refractivity contribution in [2.75, 3.05) is 0 Å². The van der Waals surface area contributed by atoms with Gasteiger partial charge in [0, 0.05) is 102 Å². The number of benzene rings is 6. The van der Waals surface area contributed by atoms with Gasteiger partial charge in [0.2, 0.25) is 0 Å². The summed E-state index contributed by atoms with van der Waals surface area (Å²) in [5, 5.41) is 36.5. The Labute approximate surface area is 370 Å². The van der Waals surface area contributed by atoms with Crippen molar-refractivity contribution in [2.45, 2.75) is 0 Å². The van der Waals surface area contributed by atoms with Gasteiger partial charge in [-0.2, -0.15) is 0 Å². The van der Waals surface area contributed by atoms with Gasteiger partial charge in [0.1, 0.15) is 22.6 Å². The highest BCUT2D eigenvalue weighted by atomic mass is 35.5. The van der Waals surface area contributed by atoms with Crippen molar-refractivity contribution < 1.29 is 14.8 Å². The second kappa shape index (κ2) is 14.9. The summed E-state index contributed by atoms with van der Waals surface area (Å²) in [6, 6.07) is 35.0. The summed E-state index contributed by atoms with van der Waals surface area (Å²) in [4.78, 5) is 52.8. The molecule has 0 fully saturated rings. The summed E-state index contributed by atoms with van der Waals surface area (Å²) in [6.45, 7) is 0. The number of hydrogen-bond donors (Lipinski definition) is 0. The van der Waals surface area contributed by atoms with E-state index in [-0.39, 0.29) is 17.1 Å². The standard InChI is InChI=1S/C48H21BClN9O6/c50-49-55-45-38-23-14-33(6-3-30-11-20-36(21-12-30)59(64)65)27-42(38)48(55)54-46-39-24-15-32(5-2-29-9-18-35(19-10-29)58(62)63)26-41(39)47(56(46)49)52-43-37-22-13-31(25-40(37)44(51-43)53-45)4-1-28-7-16-34(17-8-28)57(60)61/h7-27H. The first-order chi connectivity index (χ1) is 31.6. The van der Waals surface area contributed by atoms with Crippen LogP contribution in [0.3, 0.4) is 0 Å². The first kappa shape index (κ1) is 38.5. The van der Waals surface area contributed by atoms with Crippen molar-refractivity contribution in [1.82, 2.24) is 8.96 Å². The van der Waals surface area contributed by atoms with E-state index >= 15 is 0 Å². The molecule has 6 aromatic carbocycles. The predicted octanol–water partition coefficient (Wildman–Crippen LogP) is 7.88. The van der Waals surface area contributed by atoms with Gasteiger partial charge in [0.05, 0.1) is 14.8 Å². The average Bonchev–Trinajstić information content (AvgIpc) is 3.94. The lowest BCUT2D eigenvalue weighted by molar-refractivity contribution is -0.385. The zero-order valence-corrected chi connectivity index (χ0v) is 33.8. The van der Waals surface area contributed by atoms with Crippen molar-refractivity contribution in [3.8, 4) is 35.5 Å². The largest absolute Gasteiger partial charge is 0.499 e. The summed E-state index contributed by atoms with van der Waals surface area (Å²) in [7, 11) is 0. The van der Waals surface area contributed by atoms with E-state index in [1.54, 1.807) is 36.4 Å². The molecule has 11 rings (SSSR count). The normalized spacial score (nSPS) is 12.5. The monoisotopic (exact) mass is 865 g/mol. The van der Waals surface area contributed by atoms with Gasteiger partial charge in [-0.1, -0.05) is 35.5 Å². The summed E-state index contributed by atoms with van der Waals surface area (Å²) in [5.41, 5.74) is 6.11. The Morgan fingerprint density at radius 2 is 0.831 bits per heavy atom. The van der Waals surface area contributed by atoms with Gasteiger partial charge < -0.3 is 8.96 Å². The maximum atomic E-state index is 11.2. The van der Waals surface area contributed by atoms with Gasteiger partial charge in [-0.05, 0) is 91.0 Å². The van der Waals surface area contributed by atoms with E-state index in [2.05, 4.69) is 35.5 Å². The third kappa shape index (κ3) is 6.65. The van der Waals surface area contributed by atoms with Crippen molar-refractivity contribution >= 4 is 79.8 Å². The van der Waals surface area contributed by atoms with Crippen LogP contribution in [0.4, 0.5) is 28.7 Å². The first-order valence-electron chi connectivity index (χ1n) is 19.6.